The average Bonchev–Trinajstić information content (AvgIpc) is 3.06. The molecule has 1 amide bonds. The molecule has 0 spiro atoms. The molecule has 1 N–H and O–H groups in total. The molecular weight excluding hydrogens is 312 g/mol. The van der Waals surface area contributed by atoms with E-state index < -0.39 is 0 Å². The van der Waals surface area contributed by atoms with Crippen molar-refractivity contribution in [3.63, 3.8) is 0 Å². The van der Waals surface area contributed by atoms with E-state index in [4.69, 9.17) is 0 Å². The zero-order valence-corrected chi connectivity index (χ0v) is 14.1. The number of likely N-dealkylation sites (N-methyl/N-ethyl adjacent to an activating group) is 1. The smallest absolute Gasteiger partial charge is 0.240 e. The number of aryl methyl sites for hydroxylation is 1. The van der Waals surface area contributed by atoms with Gasteiger partial charge in [0.15, 0.2) is 0 Å². The van der Waals surface area contributed by atoms with Gasteiger partial charge in [0.05, 0.1) is 0 Å². The number of hydrogen-bond acceptors (Lipinski definition) is 4. The molecule has 20 heavy (non-hydrogen) atoms. The van der Waals surface area contributed by atoms with Crippen LogP contribution in [-0.2, 0) is 11.2 Å². The summed E-state index contributed by atoms with van der Waals surface area (Å²) in [6.07, 6.45) is 3.41. The second-order valence-corrected chi connectivity index (χ2v) is 7.40. The van der Waals surface area contributed by atoms with Crippen molar-refractivity contribution >= 4 is 41.4 Å². The number of carbonyl (C=O) groups is 1. The maximum absolute atomic E-state index is 12.8. The molecule has 6 heteroatoms. The van der Waals surface area contributed by atoms with Gasteiger partial charge in [0.25, 0.3) is 0 Å². The molecular formula is C14H21ClN2OS2. The van der Waals surface area contributed by atoms with E-state index in [9.17, 15) is 4.79 Å². The van der Waals surface area contributed by atoms with E-state index in [1.54, 1.807) is 11.3 Å². The largest absolute Gasteiger partial charge is 0.337 e. The number of halogens is 1. The predicted molar refractivity (Wildman–Crippen MR) is 89.1 cm³/mol. The molecule has 2 aliphatic rings. The summed E-state index contributed by atoms with van der Waals surface area (Å²) >= 11 is 3.62. The van der Waals surface area contributed by atoms with Crippen LogP contribution in [0.5, 0.6) is 0 Å². The third kappa shape index (κ3) is 3.01. The van der Waals surface area contributed by atoms with Gasteiger partial charge in [-0.15, -0.1) is 35.5 Å². The zero-order chi connectivity index (χ0) is 13.2. The second-order valence-electron chi connectivity index (χ2n) is 5.19. The van der Waals surface area contributed by atoms with Crippen LogP contribution in [0.2, 0.25) is 0 Å². The van der Waals surface area contributed by atoms with Gasteiger partial charge in [-0.3, -0.25) is 4.79 Å². The molecule has 0 aliphatic carbocycles. The number of hydrogen-bond donors (Lipinski definition) is 1. The first-order valence-electron chi connectivity index (χ1n) is 6.94. The first-order chi connectivity index (χ1) is 9.31. The third-order valence-corrected chi connectivity index (χ3v) is 6.23. The Labute approximate surface area is 134 Å². The van der Waals surface area contributed by atoms with Crippen molar-refractivity contribution in [2.24, 2.45) is 0 Å². The van der Waals surface area contributed by atoms with Crippen LogP contribution in [0.1, 0.15) is 28.5 Å². The average molecular weight is 333 g/mol. The van der Waals surface area contributed by atoms with Crippen LogP contribution in [0.25, 0.3) is 0 Å². The summed E-state index contributed by atoms with van der Waals surface area (Å²) in [4.78, 5) is 16.4. The Morgan fingerprint density at radius 2 is 2.40 bits per heavy atom. The molecule has 0 bridgehead atoms. The summed E-state index contributed by atoms with van der Waals surface area (Å²) in [5, 5.41) is 5.39. The SMILES string of the molecule is CNCC1CCCN1C(=O)C1SCCc2sccc21.Cl. The van der Waals surface area contributed by atoms with Gasteiger partial charge < -0.3 is 10.2 Å². The highest BCUT2D eigenvalue weighted by Gasteiger charge is 2.36. The fraction of sp³-hybridized carbons (Fsp3) is 0.643. The van der Waals surface area contributed by atoms with Crippen molar-refractivity contribution in [3.8, 4) is 0 Å². The number of nitrogens with zero attached hydrogens (tertiary/aromatic N) is 1. The van der Waals surface area contributed by atoms with Gasteiger partial charge in [-0.25, -0.2) is 0 Å². The quantitative estimate of drug-likeness (QED) is 0.923. The minimum absolute atomic E-state index is 0. The standard InChI is InChI=1S/C14H20N2OS2.ClH/c1-15-9-10-3-2-6-16(10)14(17)13-11-4-7-18-12(11)5-8-19-13;/h4,7,10,13,15H,2-3,5-6,8-9H2,1H3;1H. The van der Waals surface area contributed by atoms with E-state index in [1.165, 1.54) is 10.4 Å². The second kappa shape index (κ2) is 7.16. The first kappa shape index (κ1) is 16.1. The molecule has 1 aromatic rings. The maximum Gasteiger partial charge on any atom is 0.240 e. The van der Waals surface area contributed by atoms with Gasteiger partial charge in [-0.1, -0.05) is 0 Å². The normalized spacial score (nSPS) is 25.1. The molecule has 112 valence electrons. The summed E-state index contributed by atoms with van der Waals surface area (Å²) in [7, 11) is 1.97. The van der Waals surface area contributed by atoms with Gasteiger partial charge >= 0.3 is 0 Å². The van der Waals surface area contributed by atoms with Crippen molar-refractivity contribution in [2.75, 3.05) is 25.9 Å². The number of rotatable bonds is 3. The minimum Gasteiger partial charge on any atom is -0.337 e. The predicted octanol–water partition coefficient (Wildman–Crippen LogP) is 2.71. The van der Waals surface area contributed by atoms with Gasteiger partial charge in [0.2, 0.25) is 5.91 Å². The van der Waals surface area contributed by atoms with E-state index >= 15 is 0 Å². The summed E-state index contributed by atoms with van der Waals surface area (Å²) in [6.45, 7) is 1.85. The highest BCUT2D eigenvalue weighted by molar-refractivity contribution is 8.00. The molecule has 2 unspecified atom stereocenters. The van der Waals surface area contributed by atoms with E-state index in [2.05, 4.69) is 21.7 Å². The van der Waals surface area contributed by atoms with Crippen molar-refractivity contribution < 1.29 is 4.79 Å². The monoisotopic (exact) mass is 332 g/mol. The lowest BCUT2D eigenvalue weighted by atomic mass is 10.1. The van der Waals surface area contributed by atoms with Gasteiger partial charge in [-0.2, -0.15) is 0 Å². The number of carbonyl (C=O) groups excluding carboxylic acids is 1. The van der Waals surface area contributed by atoms with E-state index in [0.29, 0.717) is 11.9 Å². The summed E-state index contributed by atoms with van der Waals surface area (Å²) in [5.41, 5.74) is 1.28. The molecule has 3 rings (SSSR count). The van der Waals surface area contributed by atoms with Gasteiger partial charge in [-0.05, 0) is 49.1 Å². The van der Waals surface area contributed by atoms with E-state index in [1.807, 2.05) is 18.8 Å². The molecule has 0 aromatic carbocycles. The number of amides is 1. The Morgan fingerprint density at radius 1 is 1.55 bits per heavy atom. The van der Waals surface area contributed by atoms with E-state index in [0.717, 1.165) is 38.1 Å². The molecule has 3 heterocycles. The zero-order valence-electron chi connectivity index (χ0n) is 11.6. The third-order valence-electron chi connectivity index (χ3n) is 4.00. The highest BCUT2D eigenvalue weighted by Crippen LogP contribution is 2.41. The lowest BCUT2D eigenvalue weighted by molar-refractivity contribution is -0.131. The van der Waals surface area contributed by atoms with Crippen molar-refractivity contribution in [1.29, 1.82) is 0 Å². The Hall–Kier alpha value is -0.230. The topological polar surface area (TPSA) is 32.3 Å². The van der Waals surface area contributed by atoms with Crippen LogP contribution in [-0.4, -0.2) is 42.7 Å². The summed E-state index contributed by atoms with van der Waals surface area (Å²) < 4.78 is 0. The van der Waals surface area contributed by atoms with Crippen LogP contribution in [0, 0.1) is 0 Å². The van der Waals surface area contributed by atoms with Crippen LogP contribution >= 0.6 is 35.5 Å². The van der Waals surface area contributed by atoms with E-state index in [-0.39, 0.29) is 17.7 Å². The molecule has 1 fully saturated rings. The van der Waals surface area contributed by atoms with Gasteiger partial charge in [0.1, 0.15) is 5.25 Å². The molecule has 0 radical (unpaired) electrons. The van der Waals surface area contributed by atoms with Crippen molar-refractivity contribution in [2.45, 2.75) is 30.6 Å². The van der Waals surface area contributed by atoms with Gasteiger partial charge in [0, 0.05) is 24.0 Å². The summed E-state index contributed by atoms with van der Waals surface area (Å²) in [5.74, 6) is 1.41. The molecule has 1 saturated heterocycles. The van der Waals surface area contributed by atoms with Crippen molar-refractivity contribution in [1.82, 2.24) is 10.2 Å². The summed E-state index contributed by atoms with van der Waals surface area (Å²) in [6, 6.07) is 2.54. The highest BCUT2D eigenvalue weighted by atomic mass is 35.5. The fourth-order valence-electron chi connectivity index (χ4n) is 3.08. The Balaban J connectivity index is 0.00000147. The first-order valence-corrected chi connectivity index (χ1v) is 8.87. The molecule has 1 aromatic heterocycles. The number of thiophene rings is 1. The Kier molecular flexibility index (Phi) is 5.78. The fourth-order valence-corrected chi connectivity index (χ4v) is 5.44. The lowest BCUT2D eigenvalue weighted by Crippen LogP contribution is -2.43. The Bertz CT molecular complexity index is 466. The maximum atomic E-state index is 12.8. The number of thioether (sulfide) groups is 1. The Morgan fingerprint density at radius 3 is 3.20 bits per heavy atom. The number of likely N-dealkylation sites (tertiary alicyclic amines) is 1. The molecule has 0 saturated carbocycles. The van der Waals surface area contributed by atoms with Crippen molar-refractivity contribution in [3.05, 3.63) is 21.9 Å². The van der Waals surface area contributed by atoms with Crippen LogP contribution in [0.4, 0.5) is 0 Å². The minimum atomic E-state index is 0. The molecule has 2 aliphatic heterocycles. The number of nitrogens with one attached hydrogen (secondary N) is 1. The number of fused-ring (bicyclic) bond motifs is 1. The van der Waals surface area contributed by atoms with Crippen LogP contribution in [0.15, 0.2) is 11.4 Å². The van der Waals surface area contributed by atoms with Crippen LogP contribution in [0.3, 0.4) is 0 Å². The molecule has 2 atom stereocenters. The lowest BCUT2D eigenvalue weighted by Gasteiger charge is -2.30. The molecule has 3 nitrogen and oxygen atoms in total. The van der Waals surface area contributed by atoms with Crippen LogP contribution < -0.4 is 5.32 Å².